The van der Waals surface area contributed by atoms with E-state index < -0.39 is 0 Å². The van der Waals surface area contributed by atoms with Crippen LogP contribution in [0.5, 0.6) is 0 Å². The zero-order chi connectivity index (χ0) is 22.9. The van der Waals surface area contributed by atoms with Gasteiger partial charge in [-0.25, -0.2) is 4.98 Å². The number of thioether (sulfide) groups is 1. The number of halogens is 1. The topological polar surface area (TPSA) is 79.8 Å². The second-order valence-electron chi connectivity index (χ2n) is 7.61. The Hall–Kier alpha value is -3.55. The third-order valence-electron chi connectivity index (χ3n) is 5.25. The smallest absolute Gasteiger partial charge is 0.283 e. The first-order valence-corrected chi connectivity index (χ1v) is 11.6. The number of carbonyl (C=O) groups is 1. The van der Waals surface area contributed by atoms with Crippen molar-refractivity contribution in [1.29, 1.82) is 0 Å². The van der Waals surface area contributed by atoms with Crippen LogP contribution in [0.15, 0.2) is 82.7 Å². The van der Waals surface area contributed by atoms with Gasteiger partial charge in [0.1, 0.15) is 11.0 Å². The summed E-state index contributed by atoms with van der Waals surface area (Å²) in [5.74, 6) is -0.0818. The van der Waals surface area contributed by atoms with Gasteiger partial charge in [-0.05, 0) is 49.4 Å². The monoisotopic (exact) mass is 474 g/mol. The Kier molecular flexibility index (Phi) is 5.66. The number of aromatic nitrogens is 3. The minimum absolute atomic E-state index is 0.0990. The van der Waals surface area contributed by atoms with Crippen LogP contribution in [0, 0.1) is 6.92 Å². The highest BCUT2D eigenvalue weighted by molar-refractivity contribution is 7.99. The lowest BCUT2D eigenvalue weighted by molar-refractivity contribution is -0.113. The first-order chi connectivity index (χ1) is 16.0. The number of fused-ring (bicyclic) bond motifs is 3. The van der Waals surface area contributed by atoms with Crippen LogP contribution >= 0.6 is 23.4 Å². The summed E-state index contributed by atoms with van der Waals surface area (Å²) in [5.41, 5.74) is 4.06. The number of aryl methyl sites for hydroxylation is 1. The maximum absolute atomic E-state index is 13.5. The SMILES string of the molecule is Cc1ccc(NC(=O)CSc2nc3c([nH]c4ccccc43)c(=O)n2-c2ccc(Cl)cc2)cc1. The Morgan fingerprint density at radius 3 is 2.55 bits per heavy atom. The molecule has 0 radical (unpaired) electrons. The molecule has 164 valence electrons. The fourth-order valence-corrected chi connectivity index (χ4v) is 4.55. The molecule has 8 heteroatoms. The summed E-state index contributed by atoms with van der Waals surface area (Å²) in [4.78, 5) is 34.1. The highest BCUT2D eigenvalue weighted by Crippen LogP contribution is 2.27. The molecular formula is C25H19ClN4O2S. The largest absolute Gasteiger partial charge is 0.349 e. The number of para-hydroxylation sites is 1. The zero-order valence-corrected chi connectivity index (χ0v) is 19.2. The molecule has 2 aromatic heterocycles. The summed E-state index contributed by atoms with van der Waals surface area (Å²) >= 11 is 7.26. The van der Waals surface area contributed by atoms with Gasteiger partial charge in [-0.2, -0.15) is 0 Å². The van der Waals surface area contributed by atoms with Gasteiger partial charge in [0, 0.05) is 21.6 Å². The molecule has 0 unspecified atom stereocenters. The second kappa shape index (κ2) is 8.77. The van der Waals surface area contributed by atoms with Gasteiger partial charge in [0.05, 0.1) is 11.4 Å². The van der Waals surface area contributed by atoms with Crippen molar-refractivity contribution in [3.63, 3.8) is 0 Å². The van der Waals surface area contributed by atoms with Crippen LogP contribution in [0.25, 0.3) is 27.6 Å². The van der Waals surface area contributed by atoms with Gasteiger partial charge in [-0.15, -0.1) is 0 Å². The van der Waals surface area contributed by atoms with Gasteiger partial charge in [0.15, 0.2) is 5.16 Å². The van der Waals surface area contributed by atoms with E-state index in [4.69, 9.17) is 16.6 Å². The normalized spacial score (nSPS) is 11.2. The molecule has 0 bridgehead atoms. The van der Waals surface area contributed by atoms with Gasteiger partial charge >= 0.3 is 0 Å². The molecule has 33 heavy (non-hydrogen) atoms. The van der Waals surface area contributed by atoms with E-state index in [0.29, 0.717) is 26.9 Å². The van der Waals surface area contributed by atoms with Crippen molar-refractivity contribution in [2.75, 3.05) is 11.1 Å². The average Bonchev–Trinajstić information content (AvgIpc) is 3.19. The third-order valence-corrected chi connectivity index (χ3v) is 6.44. The Labute approximate surface area is 198 Å². The van der Waals surface area contributed by atoms with Crippen molar-refractivity contribution in [2.24, 2.45) is 0 Å². The van der Waals surface area contributed by atoms with E-state index >= 15 is 0 Å². The fourth-order valence-electron chi connectivity index (χ4n) is 3.62. The van der Waals surface area contributed by atoms with Crippen LogP contribution in [0.3, 0.4) is 0 Å². The van der Waals surface area contributed by atoms with Gasteiger partial charge in [-0.1, -0.05) is 59.3 Å². The lowest BCUT2D eigenvalue weighted by Gasteiger charge is -2.12. The van der Waals surface area contributed by atoms with Crippen LogP contribution in [0.1, 0.15) is 5.56 Å². The maximum atomic E-state index is 13.5. The Bertz CT molecular complexity index is 1540. The number of carbonyl (C=O) groups excluding carboxylic acids is 1. The van der Waals surface area contributed by atoms with E-state index in [2.05, 4.69) is 10.3 Å². The standard InChI is InChI=1S/C25H19ClN4O2S/c1-15-6-10-17(11-7-15)27-21(31)14-33-25-29-22-19-4-2-3-5-20(19)28-23(22)24(32)30(25)18-12-8-16(26)9-13-18/h2-13,28H,14H2,1H3,(H,27,31). The highest BCUT2D eigenvalue weighted by Gasteiger charge is 2.18. The zero-order valence-electron chi connectivity index (χ0n) is 17.6. The lowest BCUT2D eigenvalue weighted by Crippen LogP contribution is -2.23. The number of nitrogens with one attached hydrogen (secondary N) is 2. The van der Waals surface area contributed by atoms with Crippen molar-refractivity contribution in [2.45, 2.75) is 12.1 Å². The predicted octanol–water partition coefficient (Wildman–Crippen LogP) is 5.56. The minimum atomic E-state index is -0.236. The number of H-pyrrole nitrogens is 1. The van der Waals surface area contributed by atoms with Crippen molar-refractivity contribution in [3.05, 3.63) is 93.7 Å². The van der Waals surface area contributed by atoms with Gasteiger partial charge in [0.25, 0.3) is 5.56 Å². The number of amides is 1. The first kappa shape index (κ1) is 21.3. The molecule has 6 nitrogen and oxygen atoms in total. The minimum Gasteiger partial charge on any atom is -0.349 e. The number of benzene rings is 3. The van der Waals surface area contributed by atoms with Crippen molar-refractivity contribution < 1.29 is 4.79 Å². The van der Waals surface area contributed by atoms with Crippen molar-refractivity contribution in [1.82, 2.24) is 14.5 Å². The van der Waals surface area contributed by atoms with Crippen LogP contribution in [-0.2, 0) is 4.79 Å². The first-order valence-electron chi connectivity index (χ1n) is 10.3. The van der Waals surface area contributed by atoms with E-state index in [1.807, 2.05) is 55.5 Å². The van der Waals surface area contributed by atoms with Gasteiger partial charge in [0.2, 0.25) is 5.91 Å². The summed E-state index contributed by atoms with van der Waals surface area (Å²) in [7, 11) is 0. The number of anilines is 1. The lowest BCUT2D eigenvalue weighted by atomic mass is 10.2. The van der Waals surface area contributed by atoms with Gasteiger partial charge < -0.3 is 10.3 Å². The van der Waals surface area contributed by atoms with Crippen molar-refractivity contribution in [3.8, 4) is 5.69 Å². The molecule has 0 aliphatic heterocycles. The Balaban J connectivity index is 1.55. The molecule has 0 spiro atoms. The number of nitrogens with zero attached hydrogens (tertiary/aromatic N) is 2. The highest BCUT2D eigenvalue weighted by atomic mass is 35.5. The molecule has 0 aliphatic carbocycles. The quantitative estimate of drug-likeness (QED) is 0.258. The summed E-state index contributed by atoms with van der Waals surface area (Å²) in [6, 6.07) is 22.2. The van der Waals surface area contributed by atoms with Crippen LogP contribution in [0.2, 0.25) is 5.02 Å². The van der Waals surface area contributed by atoms with Crippen LogP contribution < -0.4 is 10.9 Å². The van der Waals surface area contributed by atoms with E-state index in [-0.39, 0.29) is 17.2 Å². The summed E-state index contributed by atoms with van der Waals surface area (Å²) in [6.45, 7) is 1.99. The molecule has 0 saturated heterocycles. The van der Waals surface area contributed by atoms with E-state index in [9.17, 15) is 9.59 Å². The Morgan fingerprint density at radius 1 is 1.06 bits per heavy atom. The summed E-state index contributed by atoms with van der Waals surface area (Å²) < 4.78 is 1.51. The molecule has 0 aliphatic rings. The molecule has 5 aromatic rings. The average molecular weight is 475 g/mol. The van der Waals surface area contributed by atoms with Gasteiger partial charge in [-0.3, -0.25) is 14.2 Å². The number of hydrogen-bond donors (Lipinski definition) is 2. The second-order valence-corrected chi connectivity index (χ2v) is 8.99. The molecule has 2 heterocycles. The fraction of sp³-hybridized carbons (Fsp3) is 0.0800. The number of aromatic amines is 1. The number of hydrogen-bond acceptors (Lipinski definition) is 4. The third kappa shape index (κ3) is 4.25. The molecule has 0 fully saturated rings. The van der Waals surface area contributed by atoms with E-state index in [1.165, 1.54) is 16.3 Å². The molecule has 2 N–H and O–H groups in total. The summed E-state index contributed by atoms with van der Waals surface area (Å²) in [5, 5.41) is 4.74. The van der Waals surface area contributed by atoms with E-state index in [0.717, 1.165) is 22.2 Å². The molecule has 1 amide bonds. The molecule has 3 aromatic carbocycles. The Morgan fingerprint density at radius 2 is 1.79 bits per heavy atom. The van der Waals surface area contributed by atoms with Crippen molar-refractivity contribution >= 4 is 56.9 Å². The summed E-state index contributed by atoms with van der Waals surface area (Å²) in [6.07, 6.45) is 0. The predicted molar refractivity (Wildman–Crippen MR) is 135 cm³/mol. The van der Waals surface area contributed by atoms with E-state index in [1.54, 1.807) is 24.3 Å². The molecule has 0 saturated carbocycles. The van der Waals surface area contributed by atoms with Crippen LogP contribution in [0.4, 0.5) is 5.69 Å². The maximum Gasteiger partial charge on any atom is 0.283 e. The van der Waals surface area contributed by atoms with Crippen LogP contribution in [-0.4, -0.2) is 26.2 Å². The molecule has 0 atom stereocenters. The molecular weight excluding hydrogens is 456 g/mol. The number of rotatable bonds is 5. The molecule has 5 rings (SSSR count).